The van der Waals surface area contributed by atoms with Gasteiger partial charge in [-0.1, -0.05) is 6.92 Å². The highest BCUT2D eigenvalue weighted by Crippen LogP contribution is 2.41. The molecule has 0 N–H and O–H groups in total. The van der Waals surface area contributed by atoms with Gasteiger partial charge in [0.25, 0.3) is 0 Å². The van der Waals surface area contributed by atoms with E-state index in [0.717, 1.165) is 24.8 Å². The Morgan fingerprint density at radius 1 is 1.24 bits per heavy atom. The number of hydrogen-bond donors (Lipinski definition) is 0. The lowest BCUT2D eigenvalue weighted by Gasteiger charge is -2.49. The first kappa shape index (κ1) is 13.3. The lowest BCUT2D eigenvalue weighted by atomic mass is 9.75. The topological polar surface area (TPSA) is 21.7 Å². The predicted molar refractivity (Wildman–Crippen MR) is 69.0 cm³/mol. The quantitative estimate of drug-likeness (QED) is 0.706. The molecule has 2 fully saturated rings. The van der Waals surface area contributed by atoms with Gasteiger partial charge >= 0.3 is 0 Å². The van der Waals surface area contributed by atoms with E-state index in [1.165, 1.54) is 38.8 Å². The maximum absolute atomic E-state index is 5.63. The van der Waals surface area contributed by atoms with Crippen LogP contribution in [0.4, 0.5) is 0 Å². The summed E-state index contributed by atoms with van der Waals surface area (Å²) in [4.78, 5) is 2.70. The van der Waals surface area contributed by atoms with Crippen LogP contribution in [0.1, 0.15) is 45.4 Å². The molecule has 1 saturated carbocycles. The van der Waals surface area contributed by atoms with Crippen LogP contribution in [-0.4, -0.2) is 44.0 Å². The highest BCUT2D eigenvalue weighted by molar-refractivity contribution is 4.93. The summed E-state index contributed by atoms with van der Waals surface area (Å²) >= 11 is 0. The molecule has 2 rings (SSSR count). The van der Waals surface area contributed by atoms with Gasteiger partial charge in [-0.05, 0) is 44.7 Å². The van der Waals surface area contributed by atoms with Crippen molar-refractivity contribution in [3.8, 4) is 0 Å². The predicted octanol–water partition coefficient (Wildman–Crippen LogP) is 2.65. The fourth-order valence-electron chi connectivity index (χ4n) is 3.76. The van der Waals surface area contributed by atoms with Crippen molar-refractivity contribution in [2.24, 2.45) is 5.92 Å². The number of piperidine rings is 1. The Morgan fingerprint density at radius 2 is 2.00 bits per heavy atom. The van der Waals surface area contributed by atoms with Crippen molar-refractivity contribution in [1.82, 2.24) is 4.90 Å². The number of hydrogen-bond acceptors (Lipinski definition) is 3. The molecule has 0 aromatic rings. The van der Waals surface area contributed by atoms with E-state index in [4.69, 9.17) is 9.47 Å². The van der Waals surface area contributed by atoms with E-state index in [2.05, 4.69) is 11.8 Å². The average molecular weight is 241 g/mol. The summed E-state index contributed by atoms with van der Waals surface area (Å²) in [5.41, 5.74) is 0. The summed E-state index contributed by atoms with van der Waals surface area (Å²) in [6, 6.07) is 0.780. The average Bonchev–Trinajstić information content (AvgIpc) is 2.39. The summed E-state index contributed by atoms with van der Waals surface area (Å²) in [5.74, 6) is 0.472. The second-order valence-corrected chi connectivity index (χ2v) is 5.57. The largest absolute Gasteiger partial charge is 0.353 e. The van der Waals surface area contributed by atoms with Gasteiger partial charge in [-0.2, -0.15) is 0 Å². The van der Waals surface area contributed by atoms with E-state index >= 15 is 0 Å². The van der Waals surface area contributed by atoms with Crippen molar-refractivity contribution < 1.29 is 9.47 Å². The van der Waals surface area contributed by atoms with Gasteiger partial charge in [0.2, 0.25) is 0 Å². The molecule has 3 heteroatoms. The molecule has 0 radical (unpaired) electrons. The molecule has 0 aromatic heterocycles. The minimum absolute atomic E-state index is 0.295. The third-order valence-corrected chi connectivity index (χ3v) is 4.68. The molecule has 3 nitrogen and oxygen atoms in total. The van der Waals surface area contributed by atoms with Crippen molar-refractivity contribution in [2.45, 2.75) is 57.3 Å². The number of fused-ring (bicyclic) bond motifs is 1. The van der Waals surface area contributed by atoms with Gasteiger partial charge in [-0.15, -0.1) is 0 Å². The van der Waals surface area contributed by atoms with Gasteiger partial charge in [-0.25, -0.2) is 0 Å². The van der Waals surface area contributed by atoms with Crippen LogP contribution >= 0.6 is 0 Å². The van der Waals surface area contributed by atoms with Crippen LogP contribution in [0.5, 0.6) is 0 Å². The third kappa shape index (κ3) is 2.67. The van der Waals surface area contributed by atoms with Gasteiger partial charge < -0.3 is 14.4 Å². The maximum atomic E-state index is 5.63. The molecule has 17 heavy (non-hydrogen) atoms. The molecular formula is C14H27NO2. The van der Waals surface area contributed by atoms with Crippen molar-refractivity contribution in [1.29, 1.82) is 0 Å². The zero-order valence-corrected chi connectivity index (χ0v) is 11.6. The van der Waals surface area contributed by atoms with Gasteiger partial charge in [0.1, 0.15) is 0 Å². The molecule has 0 spiro atoms. The number of rotatable bonds is 4. The number of ether oxygens (including phenoxy) is 2. The molecule has 1 aliphatic heterocycles. The standard InChI is InChI=1S/C14H27NO2/c1-4-9-15-10-5-6-12-11-14(16-2,17-3)8-7-13(12)15/h12-13H,4-11H2,1-3H3/t12-,13-/m1/s1. The molecule has 0 bridgehead atoms. The van der Waals surface area contributed by atoms with Crippen LogP contribution in [0.15, 0.2) is 0 Å². The second-order valence-electron chi connectivity index (χ2n) is 5.57. The molecule has 1 aliphatic carbocycles. The van der Waals surface area contributed by atoms with Crippen molar-refractivity contribution in [3.63, 3.8) is 0 Å². The van der Waals surface area contributed by atoms with Crippen molar-refractivity contribution in [3.05, 3.63) is 0 Å². The molecule has 100 valence electrons. The summed E-state index contributed by atoms with van der Waals surface area (Å²) < 4.78 is 11.3. The van der Waals surface area contributed by atoms with Crippen molar-refractivity contribution >= 4 is 0 Å². The van der Waals surface area contributed by atoms with Crippen LogP contribution in [0, 0.1) is 5.92 Å². The fraction of sp³-hybridized carbons (Fsp3) is 1.00. The number of likely N-dealkylation sites (tertiary alicyclic amines) is 1. The first-order valence-electron chi connectivity index (χ1n) is 7.09. The van der Waals surface area contributed by atoms with Gasteiger partial charge in [0.05, 0.1) is 0 Å². The molecule has 2 aliphatic rings. The Hall–Kier alpha value is -0.120. The van der Waals surface area contributed by atoms with Gasteiger partial charge in [0, 0.05) is 33.1 Å². The summed E-state index contributed by atoms with van der Waals surface area (Å²) in [7, 11) is 3.58. The Labute approximate surface area is 105 Å². The van der Waals surface area contributed by atoms with Crippen LogP contribution in [-0.2, 0) is 9.47 Å². The van der Waals surface area contributed by atoms with E-state index in [-0.39, 0.29) is 5.79 Å². The molecule has 1 heterocycles. The minimum atomic E-state index is -0.295. The number of methoxy groups -OCH3 is 2. The lowest BCUT2D eigenvalue weighted by molar-refractivity contribution is -0.241. The second kappa shape index (κ2) is 5.68. The van der Waals surface area contributed by atoms with E-state index in [1.807, 2.05) is 0 Å². The Kier molecular flexibility index (Phi) is 4.45. The summed E-state index contributed by atoms with van der Waals surface area (Å²) in [6.07, 6.45) is 7.30. The first-order valence-corrected chi connectivity index (χ1v) is 7.09. The van der Waals surface area contributed by atoms with E-state index in [0.29, 0.717) is 0 Å². The van der Waals surface area contributed by atoms with Crippen LogP contribution < -0.4 is 0 Å². The molecule has 0 aromatic carbocycles. The van der Waals surface area contributed by atoms with E-state index in [9.17, 15) is 0 Å². The third-order valence-electron chi connectivity index (χ3n) is 4.68. The highest BCUT2D eigenvalue weighted by atomic mass is 16.7. The smallest absolute Gasteiger partial charge is 0.167 e. The van der Waals surface area contributed by atoms with Crippen LogP contribution in [0.2, 0.25) is 0 Å². The Balaban J connectivity index is 2.02. The summed E-state index contributed by atoms with van der Waals surface area (Å²) in [6.45, 7) is 4.83. The first-order chi connectivity index (χ1) is 8.24. The highest BCUT2D eigenvalue weighted by Gasteiger charge is 2.44. The molecule has 2 atom stereocenters. The van der Waals surface area contributed by atoms with Gasteiger partial charge in [-0.3, -0.25) is 0 Å². The van der Waals surface area contributed by atoms with Gasteiger partial charge in [0.15, 0.2) is 5.79 Å². The molecule has 0 unspecified atom stereocenters. The van der Waals surface area contributed by atoms with E-state index in [1.54, 1.807) is 14.2 Å². The SMILES string of the molecule is CCCN1CCC[C@@H]2CC(OC)(OC)CC[C@H]21. The molecule has 0 amide bonds. The zero-order chi connectivity index (χ0) is 12.3. The van der Waals surface area contributed by atoms with E-state index < -0.39 is 0 Å². The summed E-state index contributed by atoms with van der Waals surface area (Å²) in [5, 5.41) is 0. The van der Waals surface area contributed by atoms with Crippen molar-refractivity contribution in [2.75, 3.05) is 27.3 Å². The van der Waals surface area contributed by atoms with Crippen LogP contribution in [0.25, 0.3) is 0 Å². The molecular weight excluding hydrogens is 214 g/mol. The maximum Gasteiger partial charge on any atom is 0.167 e. The van der Waals surface area contributed by atoms with Crippen LogP contribution in [0.3, 0.4) is 0 Å². The zero-order valence-electron chi connectivity index (χ0n) is 11.6. The minimum Gasteiger partial charge on any atom is -0.353 e. The fourth-order valence-corrected chi connectivity index (χ4v) is 3.76. The Morgan fingerprint density at radius 3 is 2.65 bits per heavy atom. The Bertz CT molecular complexity index is 238. The monoisotopic (exact) mass is 241 g/mol. The lowest BCUT2D eigenvalue weighted by Crippen LogP contribution is -2.53. The number of nitrogens with zero attached hydrogens (tertiary/aromatic N) is 1. The molecule has 1 saturated heterocycles. The normalized spacial score (nSPS) is 33.4.